The van der Waals surface area contributed by atoms with Crippen molar-refractivity contribution in [1.82, 2.24) is 15.1 Å². The van der Waals surface area contributed by atoms with Gasteiger partial charge in [-0.3, -0.25) is 0 Å². The fourth-order valence-corrected chi connectivity index (χ4v) is 2.90. The van der Waals surface area contributed by atoms with Gasteiger partial charge in [0.25, 0.3) is 0 Å². The number of urea groups is 1. The molecular formula is C15H29N3O3. The number of hydrogen-bond acceptors (Lipinski definition) is 3. The average Bonchev–Trinajstić information content (AvgIpc) is 2.44. The fraction of sp³-hybridized carbons (Fsp3) is 0.867. The van der Waals surface area contributed by atoms with Gasteiger partial charge in [-0.1, -0.05) is 13.8 Å². The molecule has 0 aromatic rings. The van der Waals surface area contributed by atoms with Gasteiger partial charge in [0.1, 0.15) is 5.54 Å². The Hall–Kier alpha value is -1.30. The Kier molecular flexibility index (Phi) is 6.45. The van der Waals surface area contributed by atoms with Crippen molar-refractivity contribution in [2.24, 2.45) is 5.92 Å². The molecule has 2 amide bonds. The molecule has 1 fully saturated rings. The Labute approximate surface area is 127 Å². The molecule has 0 aliphatic carbocycles. The van der Waals surface area contributed by atoms with E-state index >= 15 is 0 Å². The van der Waals surface area contributed by atoms with Crippen LogP contribution in [0.2, 0.25) is 0 Å². The molecule has 0 aromatic heterocycles. The molecule has 1 rings (SSSR count). The summed E-state index contributed by atoms with van der Waals surface area (Å²) < 4.78 is 0. The standard InChI is InChI=1S/C15H29N3O3/c1-5-15(6-2,13(19)20)16-14(21)18-9-7-12(8-10-18)11-17(3)4/h12H,5-11H2,1-4H3,(H,16,21)(H,19,20). The number of rotatable bonds is 6. The molecule has 122 valence electrons. The highest BCUT2D eigenvalue weighted by atomic mass is 16.4. The van der Waals surface area contributed by atoms with E-state index in [-0.39, 0.29) is 6.03 Å². The number of amides is 2. The quantitative estimate of drug-likeness (QED) is 0.781. The molecule has 0 aromatic carbocycles. The van der Waals surface area contributed by atoms with E-state index in [2.05, 4.69) is 24.3 Å². The van der Waals surface area contributed by atoms with Crippen LogP contribution in [0, 0.1) is 5.92 Å². The van der Waals surface area contributed by atoms with Crippen molar-refractivity contribution in [3.63, 3.8) is 0 Å². The summed E-state index contributed by atoms with van der Waals surface area (Å²) in [6.45, 7) is 6.03. The molecule has 1 heterocycles. The summed E-state index contributed by atoms with van der Waals surface area (Å²) in [5, 5.41) is 12.1. The number of hydrogen-bond donors (Lipinski definition) is 2. The second-order valence-corrected chi connectivity index (χ2v) is 6.22. The molecule has 0 atom stereocenters. The van der Waals surface area contributed by atoms with E-state index in [4.69, 9.17) is 0 Å². The van der Waals surface area contributed by atoms with Crippen LogP contribution in [0.1, 0.15) is 39.5 Å². The first kappa shape index (κ1) is 17.8. The lowest BCUT2D eigenvalue weighted by Crippen LogP contribution is -2.58. The first-order valence-electron chi connectivity index (χ1n) is 7.79. The minimum atomic E-state index is -1.14. The second-order valence-electron chi connectivity index (χ2n) is 6.22. The van der Waals surface area contributed by atoms with Crippen molar-refractivity contribution >= 4 is 12.0 Å². The van der Waals surface area contributed by atoms with Crippen LogP contribution in [0.15, 0.2) is 0 Å². The van der Waals surface area contributed by atoms with Crippen LogP contribution >= 0.6 is 0 Å². The predicted molar refractivity (Wildman–Crippen MR) is 82.3 cm³/mol. The van der Waals surface area contributed by atoms with E-state index in [0.29, 0.717) is 31.8 Å². The number of carboxylic acid groups (broad SMARTS) is 1. The lowest BCUT2D eigenvalue weighted by atomic mass is 9.93. The van der Waals surface area contributed by atoms with E-state index in [9.17, 15) is 14.7 Å². The molecule has 0 bridgehead atoms. The summed E-state index contributed by atoms with van der Waals surface area (Å²) in [6, 6.07) is -0.246. The van der Waals surface area contributed by atoms with Crippen molar-refractivity contribution < 1.29 is 14.7 Å². The Morgan fingerprint density at radius 2 is 1.76 bits per heavy atom. The minimum absolute atomic E-state index is 0.246. The summed E-state index contributed by atoms with van der Waals surface area (Å²) in [4.78, 5) is 27.7. The highest BCUT2D eigenvalue weighted by Crippen LogP contribution is 2.20. The number of carboxylic acids is 1. The average molecular weight is 299 g/mol. The van der Waals surface area contributed by atoms with Crippen LogP contribution in [-0.4, -0.2) is 66.2 Å². The van der Waals surface area contributed by atoms with Crippen molar-refractivity contribution in [3.8, 4) is 0 Å². The summed E-state index contributed by atoms with van der Waals surface area (Å²) in [6.07, 6.45) is 2.73. The molecule has 0 saturated carbocycles. The largest absolute Gasteiger partial charge is 0.480 e. The number of carbonyl (C=O) groups is 2. The van der Waals surface area contributed by atoms with Crippen LogP contribution in [-0.2, 0) is 4.79 Å². The first-order chi connectivity index (χ1) is 9.84. The van der Waals surface area contributed by atoms with Gasteiger partial charge in [0.2, 0.25) is 0 Å². The third-order valence-corrected chi connectivity index (χ3v) is 4.49. The van der Waals surface area contributed by atoms with Crippen molar-refractivity contribution in [1.29, 1.82) is 0 Å². The van der Waals surface area contributed by atoms with Crippen molar-refractivity contribution in [2.45, 2.75) is 45.1 Å². The maximum Gasteiger partial charge on any atom is 0.329 e. The van der Waals surface area contributed by atoms with Gasteiger partial charge in [-0.15, -0.1) is 0 Å². The zero-order chi connectivity index (χ0) is 16.0. The number of carbonyl (C=O) groups excluding carboxylic acids is 1. The number of piperidine rings is 1. The fourth-order valence-electron chi connectivity index (χ4n) is 2.90. The predicted octanol–water partition coefficient (Wildman–Crippen LogP) is 1.61. The maximum absolute atomic E-state index is 12.3. The van der Waals surface area contributed by atoms with E-state index < -0.39 is 11.5 Å². The van der Waals surface area contributed by atoms with E-state index in [1.807, 2.05) is 0 Å². The van der Waals surface area contributed by atoms with Crippen LogP contribution in [0.25, 0.3) is 0 Å². The van der Waals surface area contributed by atoms with Gasteiger partial charge in [-0.2, -0.15) is 0 Å². The van der Waals surface area contributed by atoms with E-state index in [0.717, 1.165) is 19.4 Å². The second kappa shape index (κ2) is 7.64. The molecule has 1 aliphatic rings. The zero-order valence-electron chi connectivity index (χ0n) is 13.7. The van der Waals surface area contributed by atoms with Gasteiger partial charge in [-0.25, -0.2) is 9.59 Å². The third-order valence-electron chi connectivity index (χ3n) is 4.49. The lowest BCUT2D eigenvalue weighted by molar-refractivity contribution is -0.144. The van der Waals surface area contributed by atoms with E-state index in [1.54, 1.807) is 18.7 Å². The number of nitrogens with zero attached hydrogens (tertiary/aromatic N) is 2. The van der Waals surface area contributed by atoms with Gasteiger partial charge >= 0.3 is 12.0 Å². The van der Waals surface area contributed by atoms with Crippen LogP contribution in [0.5, 0.6) is 0 Å². The monoisotopic (exact) mass is 299 g/mol. The first-order valence-corrected chi connectivity index (χ1v) is 7.79. The van der Waals surface area contributed by atoms with Gasteiger partial charge in [0.05, 0.1) is 0 Å². The Balaban J connectivity index is 2.56. The van der Waals surface area contributed by atoms with Gasteiger partial charge in [0.15, 0.2) is 0 Å². The molecule has 21 heavy (non-hydrogen) atoms. The smallest absolute Gasteiger partial charge is 0.329 e. The molecule has 1 aliphatic heterocycles. The van der Waals surface area contributed by atoms with E-state index in [1.165, 1.54) is 0 Å². The molecule has 0 unspecified atom stereocenters. The highest BCUT2D eigenvalue weighted by Gasteiger charge is 2.38. The molecule has 2 N–H and O–H groups in total. The Morgan fingerprint density at radius 3 is 2.14 bits per heavy atom. The summed E-state index contributed by atoms with van der Waals surface area (Å²) >= 11 is 0. The van der Waals surface area contributed by atoms with Crippen molar-refractivity contribution in [2.75, 3.05) is 33.7 Å². The summed E-state index contributed by atoms with van der Waals surface area (Å²) in [7, 11) is 4.12. The molecule has 1 saturated heterocycles. The lowest BCUT2D eigenvalue weighted by Gasteiger charge is -2.36. The van der Waals surface area contributed by atoms with Gasteiger partial charge < -0.3 is 20.2 Å². The van der Waals surface area contributed by atoms with Crippen LogP contribution < -0.4 is 5.32 Å². The number of aliphatic carboxylic acids is 1. The third kappa shape index (κ3) is 4.59. The van der Waals surface area contributed by atoms with Gasteiger partial charge in [-0.05, 0) is 45.7 Å². The summed E-state index contributed by atoms with van der Waals surface area (Å²) in [5.74, 6) is -0.339. The number of nitrogens with one attached hydrogen (secondary N) is 1. The zero-order valence-corrected chi connectivity index (χ0v) is 13.7. The number of likely N-dealkylation sites (tertiary alicyclic amines) is 1. The highest BCUT2D eigenvalue weighted by molar-refractivity contribution is 5.86. The Morgan fingerprint density at radius 1 is 1.24 bits per heavy atom. The molecule has 0 radical (unpaired) electrons. The van der Waals surface area contributed by atoms with Crippen molar-refractivity contribution in [3.05, 3.63) is 0 Å². The van der Waals surface area contributed by atoms with Crippen LogP contribution in [0.3, 0.4) is 0 Å². The molecular weight excluding hydrogens is 270 g/mol. The SMILES string of the molecule is CCC(CC)(NC(=O)N1CCC(CN(C)C)CC1)C(=O)O. The van der Waals surface area contributed by atoms with Crippen LogP contribution in [0.4, 0.5) is 4.79 Å². The van der Waals surface area contributed by atoms with Gasteiger partial charge in [0, 0.05) is 19.6 Å². The Bertz CT molecular complexity index is 359. The normalized spacial score (nSPS) is 17.1. The maximum atomic E-state index is 12.3. The topological polar surface area (TPSA) is 72.9 Å². The molecule has 6 nitrogen and oxygen atoms in total. The molecule has 0 spiro atoms. The minimum Gasteiger partial charge on any atom is -0.480 e. The summed E-state index contributed by atoms with van der Waals surface area (Å²) in [5.41, 5.74) is -1.14. The molecule has 6 heteroatoms.